The molecule has 2 rings (SSSR count). The Morgan fingerprint density at radius 1 is 1.31 bits per heavy atom. The van der Waals surface area contributed by atoms with Crippen LogP contribution in [0.1, 0.15) is 12.8 Å². The first-order chi connectivity index (χ1) is 7.75. The summed E-state index contributed by atoms with van der Waals surface area (Å²) in [5.74, 6) is 0.763. The summed E-state index contributed by atoms with van der Waals surface area (Å²) >= 11 is 4.98. The molecule has 2 saturated heterocycles. The number of hydrogen-bond acceptors (Lipinski definition) is 4. The normalized spacial score (nSPS) is 29.1. The molecule has 5 heteroatoms. The van der Waals surface area contributed by atoms with Crippen LogP contribution in [-0.4, -0.2) is 55.4 Å². The second kappa shape index (κ2) is 5.91. The quantitative estimate of drug-likeness (QED) is 0.728. The fourth-order valence-corrected chi connectivity index (χ4v) is 2.48. The maximum Gasteiger partial charge on any atom is 0.120 e. The van der Waals surface area contributed by atoms with Gasteiger partial charge in [-0.2, -0.15) is 0 Å². The minimum absolute atomic E-state index is 0.0522. The van der Waals surface area contributed by atoms with E-state index in [9.17, 15) is 0 Å². The number of thiocarbonyl (C=S) groups is 1. The third-order valence-corrected chi connectivity index (χ3v) is 3.59. The van der Waals surface area contributed by atoms with E-state index in [0.29, 0.717) is 4.99 Å². The molecule has 1 unspecified atom stereocenters. The van der Waals surface area contributed by atoms with Crippen molar-refractivity contribution in [3.8, 4) is 0 Å². The second-order valence-corrected chi connectivity index (χ2v) is 5.05. The molecule has 92 valence electrons. The molecule has 2 heterocycles. The molecule has 2 fully saturated rings. The lowest BCUT2D eigenvalue weighted by atomic mass is 9.99. The van der Waals surface area contributed by atoms with Gasteiger partial charge in [-0.1, -0.05) is 12.2 Å². The Labute approximate surface area is 102 Å². The molecule has 0 bridgehead atoms. The van der Waals surface area contributed by atoms with E-state index >= 15 is 0 Å². The highest BCUT2D eigenvalue weighted by molar-refractivity contribution is 7.80. The van der Waals surface area contributed by atoms with Gasteiger partial charge in [-0.25, -0.2) is 0 Å². The lowest BCUT2D eigenvalue weighted by Crippen LogP contribution is -2.49. The van der Waals surface area contributed by atoms with Crippen molar-refractivity contribution in [3.05, 3.63) is 0 Å². The van der Waals surface area contributed by atoms with Crippen LogP contribution in [-0.2, 0) is 9.47 Å². The summed E-state index contributed by atoms with van der Waals surface area (Å²) in [7, 11) is 0. The molecule has 16 heavy (non-hydrogen) atoms. The monoisotopic (exact) mass is 244 g/mol. The number of nitrogens with zero attached hydrogens (tertiary/aromatic N) is 1. The van der Waals surface area contributed by atoms with Gasteiger partial charge < -0.3 is 15.2 Å². The molecule has 0 aromatic carbocycles. The average molecular weight is 244 g/mol. The van der Waals surface area contributed by atoms with E-state index in [1.54, 1.807) is 0 Å². The molecule has 0 aromatic heterocycles. The largest absolute Gasteiger partial charge is 0.391 e. The summed E-state index contributed by atoms with van der Waals surface area (Å²) in [6.07, 6.45) is 2.30. The highest BCUT2D eigenvalue weighted by Crippen LogP contribution is 2.17. The lowest BCUT2D eigenvalue weighted by molar-refractivity contribution is -0.0106. The summed E-state index contributed by atoms with van der Waals surface area (Å²) in [4.78, 5) is 2.90. The number of ether oxygens (including phenoxy) is 2. The molecule has 0 amide bonds. The van der Waals surface area contributed by atoms with E-state index in [1.165, 1.54) is 12.8 Å². The van der Waals surface area contributed by atoms with Crippen LogP contribution in [0.5, 0.6) is 0 Å². The average Bonchev–Trinajstić information content (AvgIpc) is 2.30. The Kier molecular flexibility index (Phi) is 4.52. The molecule has 0 saturated carbocycles. The van der Waals surface area contributed by atoms with Crippen molar-refractivity contribution in [2.45, 2.75) is 18.9 Å². The number of nitrogens with two attached hydrogens (primary N) is 1. The maximum absolute atomic E-state index is 5.62. The molecule has 0 aliphatic carbocycles. The highest BCUT2D eigenvalue weighted by atomic mass is 32.1. The van der Waals surface area contributed by atoms with Gasteiger partial charge in [0.1, 0.15) is 11.1 Å². The van der Waals surface area contributed by atoms with E-state index in [0.717, 1.165) is 45.4 Å². The van der Waals surface area contributed by atoms with Crippen molar-refractivity contribution in [1.29, 1.82) is 0 Å². The van der Waals surface area contributed by atoms with Crippen molar-refractivity contribution in [1.82, 2.24) is 4.90 Å². The van der Waals surface area contributed by atoms with Gasteiger partial charge in [0, 0.05) is 32.8 Å². The molecular formula is C11H20N2O2S. The lowest BCUT2D eigenvalue weighted by Gasteiger charge is -2.35. The Hall–Kier alpha value is -0.230. The number of rotatable bonds is 3. The van der Waals surface area contributed by atoms with E-state index in [1.807, 2.05) is 0 Å². The predicted octanol–water partition coefficient (Wildman–Crippen LogP) is 0.400. The molecule has 0 radical (unpaired) electrons. The van der Waals surface area contributed by atoms with Crippen molar-refractivity contribution in [2.75, 3.05) is 39.5 Å². The summed E-state index contributed by atoms with van der Waals surface area (Å²) in [5, 5.41) is 0. The molecule has 0 spiro atoms. The highest BCUT2D eigenvalue weighted by Gasteiger charge is 2.25. The summed E-state index contributed by atoms with van der Waals surface area (Å²) in [5.41, 5.74) is 5.62. The zero-order valence-corrected chi connectivity index (χ0v) is 10.4. The topological polar surface area (TPSA) is 47.7 Å². The molecular weight excluding hydrogens is 224 g/mol. The van der Waals surface area contributed by atoms with Crippen LogP contribution in [0.4, 0.5) is 0 Å². The third kappa shape index (κ3) is 3.38. The van der Waals surface area contributed by atoms with E-state index in [2.05, 4.69) is 4.90 Å². The van der Waals surface area contributed by atoms with Crippen LogP contribution in [0.3, 0.4) is 0 Å². The number of morpholine rings is 1. The van der Waals surface area contributed by atoms with Crippen LogP contribution in [0.15, 0.2) is 0 Å². The first-order valence-electron chi connectivity index (χ1n) is 5.96. The van der Waals surface area contributed by atoms with Gasteiger partial charge in [0.2, 0.25) is 0 Å². The fourth-order valence-electron chi connectivity index (χ4n) is 2.33. The minimum atomic E-state index is -0.0522. The molecule has 1 atom stereocenters. The smallest absolute Gasteiger partial charge is 0.120 e. The van der Waals surface area contributed by atoms with Crippen molar-refractivity contribution >= 4 is 17.2 Å². The molecule has 4 nitrogen and oxygen atoms in total. The second-order valence-electron chi connectivity index (χ2n) is 4.58. The first kappa shape index (κ1) is 12.2. The van der Waals surface area contributed by atoms with E-state index in [4.69, 9.17) is 27.4 Å². The van der Waals surface area contributed by atoms with Gasteiger partial charge in [-0.3, -0.25) is 4.90 Å². The third-order valence-electron chi connectivity index (χ3n) is 3.33. The molecule has 2 aliphatic heterocycles. The van der Waals surface area contributed by atoms with E-state index < -0.39 is 0 Å². The Balaban J connectivity index is 1.78. The summed E-state index contributed by atoms with van der Waals surface area (Å²) in [6, 6.07) is 0. The van der Waals surface area contributed by atoms with Crippen molar-refractivity contribution in [2.24, 2.45) is 11.7 Å². The zero-order chi connectivity index (χ0) is 11.4. The van der Waals surface area contributed by atoms with Gasteiger partial charge in [-0.15, -0.1) is 0 Å². The van der Waals surface area contributed by atoms with Gasteiger partial charge in [0.05, 0.1) is 6.61 Å². The van der Waals surface area contributed by atoms with Crippen LogP contribution in [0.25, 0.3) is 0 Å². The van der Waals surface area contributed by atoms with Crippen LogP contribution < -0.4 is 5.73 Å². The Bertz CT molecular complexity index is 244. The maximum atomic E-state index is 5.62. The summed E-state index contributed by atoms with van der Waals surface area (Å²) in [6.45, 7) is 5.54. The van der Waals surface area contributed by atoms with Crippen molar-refractivity contribution < 1.29 is 9.47 Å². The number of hydrogen-bond donors (Lipinski definition) is 1. The zero-order valence-electron chi connectivity index (χ0n) is 9.56. The van der Waals surface area contributed by atoms with Crippen LogP contribution in [0.2, 0.25) is 0 Å². The first-order valence-corrected chi connectivity index (χ1v) is 6.37. The minimum Gasteiger partial charge on any atom is -0.391 e. The molecule has 0 aromatic rings. The molecule has 2 N–H and O–H groups in total. The van der Waals surface area contributed by atoms with Gasteiger partial charge in [-0.05, 0) is 18.8 Å². The fraction of sp³-hybridized carbons (Fsp3) is 0.909. The van der Waals surface area contributed by atoms with Crippen LogP contribution >= 0.6 is 12.2 Å². The van der Waals surface area contributed by atoms with Crippen molar-refractivity contribution in [3.63, 3.8) is 0 Å². The standard InChI is InChI=1S/C11H20N2O2S/c12-11(16)10-8-13(3-6-15-10)7-9-1-4-14-5-2-9/h9-10H,1-8H2,(H2,12,16). The summed E-state index contributed by atoms with van der Waals surface area (Å²) < 4.78 is 10.9. The van der Waals surface area contributed by atoms with Gasteiger partial charge in [0.25, 0.3) is 0 Å². The van der Waals surface area contributed by atoms with Gasteiger partial charge >= 0.3 is 0 Å². The van der Waals surface area contributed by atoms with Gasteiger partial charge in [0.15, 0.2) is 0 Å². The SMILES string of the molecule is NC(=S)C1CN(CC2CCOCC2)CCO1. The van der Waals surface area contributed by atoms with E-state index in [-0.39, 0.29) is 6.10 Å². The van der Waals surface area contributed by atoms with Crippen LogP contribution in [0, 0.1) is 5.92 Å². The predicted molar refractivity (Wildman–Crippen MR) is 66.5 cm³/mol. The Morgan fingerprint density at radius 2 is 2.06 bits per heavy atom. The molecule has 2 aliphatic rings. The Morgan fingerprint density at radius 3 is 2.75 bits per heavy atom.